The fraction of sp³-hybridized carbons (Fsp3) is 0. The van der Waals surface area contributed by atoms with Crippen molar-refractivity contribution in [3.63, 3.8) is 0 Å². The van der Waals surface area contributed by atoms with Crippen molar-refractivity contribution in [1.82, 2.24) is 0 Å². The van der Waals surface area contributed by atoms with E-state index in [-0.39, 0.29) is 0 Å². The molecule has 2 nitrogen and oxygen atoms in total. The summed E-state index contributed by atoms with van der Waals surface area (Å²) in [6.45, 7) is 0. The molecule has 9 aromatic rings. The molecule has 226 valence electrons. The van der Waals surface area contributed by atoms with Gasteiger partial charge in [0, 0.05) is 34.1 Å². The molecule has 0 aliphatic heterocycles. The smallest absolute Gasteiger partial charge is 0.0468 e. The first-order valence-electron chi connectivity index (χ1n) is 16.4. The molecule has 0 saturated heterocycles. The molecule has 2 heteroatoms. The normalized spacial score (nSPS) is 11.3. The Bertz CT molecular complexity index is 2440. The highest BCUT2D eigenvalue weighted by Crippen LogP contribution is 2.44. The molecule has 9 aromatic carbocycles. The van der Waals surface area contributed by atoms with Gasteiger partial charge >= 0.3 is 0 Å². The van der Waals surface area contributed by atoms with Crippen LogP contribution in [0.4, 0.5) is 34.1 Å². The Morgan fingerprint density at radius 3 is 1.12 bits per heavy atom. The standard InChI is InChI=1S/C46H32N2/c1-5-15-34(16-6-1)47(35-17-7-2-8-18-35)38-26-29-40-33(31-38)25-28-44-42-30-27-39(32-45(42)41-23-13-14-24-43(41)46(40)44)48(36-19-9-3-10-20-36)37-21-11-4-12-22-37/h1-32H. The monoisotopic (exact) mass is 612 g/mol. The van der Waals surface area contributed by atoms with E-state index in [0.29, 0.717) is 0 Å². The van der Waals surface area contributed by atoms with Gasteiger partial charge in [-0.25, -0.2) is 0 Å². The van der Waals surface area contributed by atoms with Crippen LogP contribution in [0, 0.1) is 0 Å². The topological polar surface area (TPSA) is 6.48 Å². The van der Waals surface area contributed by atoms with Crippen LogP contribution in [0.3, 0.4) is 0 Å². The summed E-state index contributed by atoms with van der Waals surface area (Å²) in [5.74, 6) is 0. The summed E-state index contributed by atoms with van der Waals surface area (Å²) >= 11 is 0. The van der Waals surface area contributed by atoms with Gasteiger partial charge in [0.2, 0.25) is 0 Å². The summed E-state index contributed by atoms with van der Waals surface area (Å²) < 4.78 is 0. The minimum atomic E-state index is 1.13. The zero-order valence-corrected chi connectivity index (χ0v) is 26.4. The van der Waals surface area contributed by atoms with Gasteiger partial charge in [0.25, 0.3) is 0 Å². The van der Waals surface area contributed by atoms with Gasteiger partial charge in [-0.3, -0.25) is 0 Å². The Balaban J connectivity index is 1.26. The number of nitrogens with zero attached hydrogens (tertiary/aromatic N) is 2. The van der Waals surface area contributed by atoms with Crippen LogP contribution in [0.25, 0.3) is 43.1 Å². The maximum absolute atomic E-state index is 2.36. The molecule has 48 heavy (non-hydrogen) atoms. The number of anilines is 6. The predicted octanol–water partition coefficient (Wildman–Crippen LogP) is 13.2. The van der Waals surface area contributed by atoms with Crippen molar-refractivity contribution in [2.24, 2.45) is 0 Å². The molecular weight excluding hydrogens is 581 g/mol. The lowest BCUT2D eigenvalue weighted by molar-refractivity contribution is 1.29. The van der Waals surface area contributed by atoms with Crippen LogP contribution in [-0.2, 0) is 0 Å². The van der Waals surface area contributed by atoms with Crippen LogP contribution in [0.5, 0.6) is 0 Å². The van der Waals surface area contributed by atoms with Crippen molar-refractivity contribution >= 4 is 77.2 Å². The molecule has 0 saturated carbocycles. The first kappa shape index (κ1) is 27.9. The zero-order chi connectivity index (χ0) is 31.9. The first-order valence-corrected chi connectivity index (χ1v) is 16.4. The van der Waals surface area contributed by atoms with Gasteiger partial charge in [-0.2, -0.15) is 0 Å². The lowest BCUT2D eigenvalue weighted by atomic mass is 9.90. The second-order valence-corrected chi connectivity index (χ2v) is 12.2. The number of rotatable bonds is 6. The summed E-state index contributed by atoms with van der Waals surface area (Å²) in [6.07, 6.45) is 0. The highest BCUT2D eigenvalue weighted by molar-refractivity contribution is 6.31. The van der Waals surface area contributed by atoms with Crippen molar-refractivity contribution < 1.29 is 0 Å². The molecule has 0 unspecified atom stereocenters. The van der Waals surface area contributed by atoms with Crippen LogP contribution < -0.4 is 9.80 Å². The fourth-order valence-electron chi connectivity index (χ4n) is 7.24. The number of fused-ring (bicyclic) bond motifs is 8. The van der Waals surface area contributed by atoms with Crippen LogP contribution in [0.15, 0.2) is 194 Å². The average Bonchev–Trinajstić information content (AvgIpc) is 3.16. The summed E-state index contributed by atoms with van der Waals surface area (Å²) in [5, 5.41) is 10.1. The molecule has 0 heterocycles. The van der Waals surface area contributed by atoms with Gasteiger partial charge < -0.3 is 9.80 Å². The predicted molar refractivity (Wildman–Crippen MR) is 206 cm³/mol. The van der Waals surface area contributed by atoms with E-state index in [1.54, 1.807) is 0 Å². The van der Waals surface area contributed by atoms with Crippen LogP contribution in [0.1, 0.15) is 0 Å². The zero-order valence-electron chi connectivity index (χ0n) is 26.4. The van der Waals surface area contributed by atoms with E-state index in [1.807, 2.05) is 0 Å². The number of benzene rings is 9. The molecule has 0 amide bonds. The van der Waals surface area contributed by atoms with Crippen molar-refractivity contribution in [2.75, 3.05) is 9.80 Å². The molecule has 0 fully saturated rings. The van der Waals surface area contributed by atoms with E-state index in [0.717, 1.165) is 34.1 Å². The Hall–Kier alpha value is -6.38. The fourth-order valence-corrected chi connectivity index (χ4v) is 7.24. The highest BCUT2D eigenvalue weighted by atomic mass is 15.1. The molecule has 0 bridgehead atoms. The minimum absolute atomic E-state index is 1.13. The maximum atomic E-state index is 2.36. The Morgan fingerprint density at radius 2 is 0.604 bits per heavy atom. The third-order valence-corrected chi connectivity index (χ3v) is 9.36. The Kier molecular flexibility index (Phi) is 6.84. The Labute approximate surface area is 280 Å². The minimum Gasteiger partial charge on any atom is -0.310 e. The molecule has 9 rings (SSSR count). The van der Waals surface area contributed by atoms with Gasteiger partial charge in [0.1, 0.15) is 0 Å². The lowest BCUT2D eigenvalue weighted by Gasteiger charge is -2.26. The first-order chi connectivity index (χ1) is 23.8. The van der Waals surface area contributed by atoms with Crippen molar-refractivity contribution in [3.8, 4) is 0 Å². The number of hydrogen-bond donors (Lipinski definition) is 0. The van der Waals surface area contributed by atoms with E-state index in [9.17, 15) is 0 Å². The van der Waals surface area contributed by atoms with E-state index in [1.165, 1.54) is 43.1 Å². The van der Waals surface area contributed by atoms with Gasteiger partial charge in [0.15, 0.2) is 0 Å². The van der Waals surface area contributed by atoms with Crippen LogP contribution >= 0.6 is 0 Å². The lowest BCUT2D eigenvalue weighted by Crippen LogP contribution is -2.09. The largest absolute Gasteiger partial charge is 0.310 e. The molecule has 0 atom stereocenters. The van der Waals surface area contributed by atoms with Crippen LogP contribution in [-0.4, -0.2) is 0 Å². The second-order valence-electron chi connectivity index (χ2n) is 12.2. The summed E-state index contributed by atoms with van der Waals surface area (Å²) in [7, 11) is 0. The molecular formula is C46H32N2. The average molecular weight is 613 g/mol. The van der Waals surface area contributed by atoms with E-state index >= 15 is 0 Å². The SMILES string of the molecule is c1ccc(N(c2ccccc2)c2ccc3c(ccc4c5ccc(N(c6ccccc6)c6ccccc6)cc5c5ccccc5c34)c2)cc1. The quantitative estimate of drug-likeness (QED) is 0.172. The molecule has 0 spiro atoms. The van der Waals surface area contributed by atoms with E-state index < -0.39 is 0 Å². The third-order valence-electron chi connectivity index (χ3n) is 9.36. The number of para-hydroxylation sites is 4. The van der Waals surface area contributed by atoms with Gasteiger partial charge in [-0.05, 0) is 116 Å². The van der Waals surface area contributed by atoms with Crippen molar-refractivity contribution in [3.05, 3.63) is 194 Å². The molecule has 0 N–H and O–H groups in total. The molecule has 0 radical (unpaired) electrons. The van der Waals surface area contributed by atoms with Gasteiger partial charge in [0.05, 0.1) is 0 Å². The van der Waals surface area contributed by atoms with E-state index in [4.69, 9.17) is 0 Å². The maximum Gasteiger partial charge on any atom is 0.0468 e. The Morgan fingerprint density at radius 1 is 0.229 bits per heavy atom. The van der Waals surface area contributed by atoms with Crippen molar-refractivity contribution in [2.45, 2.75) is 0 Å². The molecule has 0 aliphatic carbocycles. The molecule has 0 aliphatic rings. The van der Waals surface area contributed by atoms with Crippen LogP contribution in [0.2, 0.25) is 0 Å². The highest BCUT2D eigenvalue weighted by Gasteiger charge is 2.18. The number of hydrogen-bond acceptors (Lipinski definition) is 2. The summed E-state index contributed by atoms with van der Waals surface area (Å²) in [4.78, 5) is 4.67. The summed E-state index contributed by atoms with van der Waals surface area (Å²) in [5.41, 5.74) is 6.81. The van der Waals surface area contributed by atoms with Gasteiger partial charge in [-0.1, -0.05) is 121 Å². The summed E-state index contributed by atoms with van der Waals surface area (Å²) in [6, 6.07) is 69.8. The van der Waals surface area contributed by atoms with Crippen molar-refractivity contribution in [1.29, 1.82) is 0 Å². The second kappa shape index (κ2) is 11.8. The van der Waals surface area contributed by atoms with Gasteiger partial charge in [-0.15, -0.1) is 0 Å². The van der Waals surface area contributed by atoms with E-state index in [2.05, 4.69) is 204 Å². The third kappa shape index (κ3) is 4.74. The molecule has 0 aromatic heterocycles.